The SMILES string of the molecule is CC(C)=C[C@@H](C[C@@H](C)[C@H]1CC[C@@]2(C)[C@@H]3[C@@H](O[C@@H]4O[C@H](CO)[C@@H](O)[C@H](O)[C@H]4O)C=C4[C@@H](CC[C@H](O)C4(C)C)[C@]3(CO)CC[C@]12C)O[C@@H]1O[C@H](CO)[C@@H](O)[C@H](O)[C@H]1O. The summed E-state index contributed by atoms with van der Waals surface area (Å²) in [7, 11) is 0. The summed E-state index contributed by atoms with van der Waals surface area (Å²) in [5.74, 6) is -0.0461. The van der Waals surface area contributed by atoms with Gasteiger partial charge in [-0.1, -0.05) is 57.9 Å². The summed E-state index contributed by atoms with van der Waals surface area (Å²) < 4.78 is 24.8. The van der Waals surface area contributed by atoms with Crippen LogP contribution >= 0.6 is 0 Å². The molecule has 322 valence electrons. The Morgan fingerprint density at radius 2 is 1.36 bits per heavy atom. The van der Waals surface area contributed by atoms with Gasteiger partial charge in [0.2, 0.25) is 0 Å². The van der Waals surface area contributed by atoms with Gasteiger partial charge in [-0.15, -0.1) is 0 Å². The molecule has 20 atom stereocenters. The summed E-state index contributed by atoms with van der Waals surface area (Å²) in [6, 6.07) is 0. The lowest BCUT2D eigenvalue weighted by Crippen LogP contribution is -2.66. The third-order valence-corrected chi connectivity index (χ3v) is 16.0. The van der Waals surface area contributed by atoms with Crippen LogP contribution in [0.25, 0.3) is 0 Å². The lowest BCUT2D eigenvalue weighted by atomic mass is 9.38. The first-order chi connectivity index (χ1) is 26.2. The Kier molecular flexibility index (Phi) is 13.0. The van der Waals surface area contributed by atoms with E-state index in [0.717, 1.165) is 30.4 Å². The second-order valence-corrected chi connectivity index (χ2v) is 19.5. The predicted molar refractivity (Wildman–Crippen MR) is 202 cm³/mol. The molecule has 14 heteroatoms. The van der Waals surface area contributed by atoms with Gasteiger partial charge in [0.15, 0.2) is 12.6 Å². The van der Waals surface area contributed by atoms with Crippen molar-refractivity contribution in [2.24, 2.45) is 45.3 Å². The van der Waals surface area contributed by atoms with E-state index in [4.69, 9.17) is 18.9 Å². The maximum atomic E-state index is 11.7. The third-order valence-electron chi connectivity index (χ3n) is 16.0. The molecule has 2 aliphatic heterocycles. The van der Waals surface area contributed by atoms with Crippen molar-refractivity contribution in [2.75, 3.05) is 19.8 Å². The molecule has 0 aromatic heterocycles. The fraction of sp³-hybridized carbons (Fsp3) is 0.905. The fourth-order valence-corrected chi connectivity index (χ4v) is 12.6. The van der Waals surface area contributed by atoms with E-state index < -0.39 is 109 Å². The highest BCUT2D eigenvalue weighted by atomic mass is 16.7. The van der Waals surface area contributed by atoms with Gasteiger partial charge in [-0.05, 0) is 87.4 Å². The maximum absolute atomic E-state index is 11.7. The van der Waals surface area contributed by atoms with Crippen molar-refractivity contribution in [1.29, 1.82) is 0 Å². The van der Waals surface area contributed by atoms with Crippen molar-refractivity contribution in [1.82, 2.24) is 0 Å². The lowest BCUT2D eigenvalue weighted by Gasteiger charge is -2.68. The standard InChI is InChI=1S/C42H70O14/c1-20(2)14-22(53-37-34(51)32(49)30(47)27(17-43)55-37)15-21(3)23-10-11-41(7)36-26(54-38-35(52)33(50)31(48)28(18-44)56-38)16-25-24(8-9-29(46)39(25,4)5)42(36,19-45)13-12-40(23,41)6/h14,16,21-24,26-38,43-52H,8-13,15,17-19H2,1-7H3/t21-,22+,23-,24-,26+,27-,28-,29+,30-,31-,32+,33+,34-,35-,36+,37-,38-,40-,41+,42-/m1/s1. The normalized spacial score (nSPS) is 49.9. The van der Waals surface area contributed by atoms with Crippen LogP contribution in [0.2, 0.25) is 0 Å². The van der Waals surface area contributed by atoms with Crippen molar-refractivity contribution in [2.45, 2.75) is 173 Å². The quantitative estimate of drug-likeness (QED) is 0.131. The molecule has 0 aromatic carbocycles. The van der Waals surface area contributed by atoms with E-state index in [-0.39, 0.29) is 35.7 Å². The van der Waals surface area contributed by atoms with E-state index in [0.29, 0.717) is 25.7 Å². The zero-order chi connectivity index (χ0) is 41.3. The number of fused-ring (bicyclic) bond motifs is 5. The Bertz CT molecular complexity index is 1430. The molecule has 0 amide bonds. The van der Waals surface area contributed by atoms with Crippen LogP contribution in [0.5, 0.6) is 0 Å². The summed E-state index contributed by atoms with van der Waals surface area (Å²) >= 11 is 0. The first kappa shape index (κ1) is 44.5. The molecule has 10 N–H and O–H groups in total. The van der Waals surface area contributed by atoms with Crippen LogP contribution in [-0.2, 0) is 18.9 Å². The smallest absolute Gasteiger partial charge is 0.187 e. The van der Waals surface area contributed by atoms with Crippen LogP contribution in [0.3, 0.4) is 0 Å². The highest BCUT2D eigenvalue weighted by Gasteiger charge is 2.71. The van der Waals surface area contributed by atoms with E-state index in [2.05, 4.69) is 26.8 Å². The number of ether oxygens (including phenoxy) is 4. The molecule has 5 fully saturated rings. The van der Waals surface area contributed by atoms with E-state index in [9.17, 15) is 51.1 Å². The van der Waals surface area contributed by atoms with Gasteiger partial charge in [0.25, 0.3) is 0 Å². The highest BCUT2D eigenvalue weighted by molar-refractivity contribution is 5.33. The molecule has 0 unspecified atom stereocenters. The molecule has 14 nitrogen and oxygen atoms in total. The average molecular weight is 799 g/mol. The highest BCUT2D eigenvalue weighted by Crippen LogP contribution is 2.75. The number of aliphatic hydroxyl groups is 10. The number of aliphatic hydroxyl groups excluding tert-OH is 10. The van der Waals surface area contributed by atoms with Crippen LogP contribution in [-0.4, -0.2) is 151 Å². The van der Waals surface area contributed by atoms with Crippen molar-refractivity contribution in [3.8, 4) is 0 Å². The van der Waals surface area contributed by atoms with Gasteiger partial charge in [0.05, 0.1) is 31.5 Å². The lowest BCUT2D eigenvalue weighted by molar-refractivity contribution is -0.324. The van der Waals surface area contributed by atoms with Crippen LogP contribution in [0, 0.1) is 45.3 Å². The van der Waals surface area contributed by atoms with Crippen LogP contribution in [0.4, 0.5) is 0 Å². The number of hydrogen-bond donors (Lipinski definition) is 10. The Morgan fingerprint density at radius 1 is 0.768 bits per heavy atom. The number of hydrogen-bond acceptors (Lipinski definition) is 14. The number of rotatable bonds is 11. The van der Waals surface area contributed by atoms with Crippen molar-refractivity contribution in [3.05, 3.63) is 23.3 Å². The van der Waals surface area contributed by atoms with Gasteiger partial charge in [-0.2, -0.15) is 0 Å². The average Bonchev–Trinajstić information content (AvgIpc) is 3.43. The Hall–Kier alpha value is -1.08. The van der Waals surface area contributed by atoms with Crippen molar-refractivity contribution < 1.29 is 70.0 Å². The molecule has 0 bridgehead atoms. The van der Waals surface area contributed by atoms with Gasteiger partial charge in [-0.25, -0.2) is 0 Å². The fourth-order valence-electron chi connectivity index (χ4n) is 12.6. The van der Waals surface area contributed by atoms with Gasteiger partial charge >= 0.3 is 0 Å². The Balaban J connectivity index is 1.34. The molecule has 6 aliphatic rings. The predicted octanol–water partition coefficient (Wildman–Crippen LogP) is 0.897. The monoisotopic (exact) mass is 798 g/mol. The molecule has 2 saturated heterocycles. The van der Waals surface area contributed by atoms with Crippen LogP contribution < -0.4 is 0 Å². The minimum absolute atomic E-state index is 0.0302. The second kappa shape index (κ2) is 16.4. The Labute approximate surface area is 331 Å². The number of allylic oxidation sites excluding steroid dienone is 1. The van der Waals surface area contributed by atoms with Crippen molar-refractivity contribution in [3.63, 3.8) is 0 Å². The van der Waals surface area contributed by atoms with Gasteiger partial charge in [0.1, 0.15) is 48.8 Å². The second-order valence-electron chi connectivity index (χ2n) is 19.5. The molecule has 0 spiro atoms. The summed E-state index contributed by atoms with van der Waals surface area (Å²) in [6.07, 6.45) is -7.02. The summed E-state index contributed by atoms with van der Waals surface area (Å²) in [5, 5.41) is 107. The molecular weight excluding hydrogens is 728 g/mol. The Morgan fingerprint density at radius 3 is 1.93 bits per heavy atom. The molecule has 4 aliphatic carbocycles. The summed E-state index contributed by atoms with van der Waals surface area (Å²) in [6.45, 7) is 13.5. The zero-order valence-electron chi connectivity index (χ0n) is 34.1. The molecule has 0 aromatic rings. The minimum atomic E-state index is -1.62. The van der Waals surface area contributed by atoms with E-state index in [1.165, 1.54) is 0 Å². The van der Waals surface area contributed by atoms with Crippen LogP contribution in [0.1, 0.15) is 93.4 Å². The molecule has 0 radical (unpaired) electrons. The first-order valence-corrected chi connectivity index (χ1v) is 20.8. The van der Waals surface area contributed by atoms with Crippen molar-refractivity contribution >= 4 is 0 Å². The summed E-state index contributed by atoms with van der Waals surface area (Å²) in [4.78, 5) is 0. The zero-order valence-corrected chi connectivity index (χ0v) is 34.1. The third kappa shape index (κ3) is 7.18. The van der Waals surface area contributed by atoms with Gasteiger partial charge in [0, 0.05) is 23.4 Å². The molecule has 56 heavy (non-hydrogen) atoms. The minimum Gasteiger partial charge on any atom is -0.396 e. The molecule has 2 heterocycles. The molecule has 3 saturated carbocycles. The summed E-state index contributed by atoms with van der Waals surface area (Å²) in [5.41, 5.74) is 0.0315. The molecular formula is C42H70O14. The largest absolute Gasteiger partial charge is 0.396 e. The van der Waals surface area contributed by atoms with Crippen LogP contribution in [0.15, 0.2) is 23.3 Å². The maximum Gasteiger partial charge on any atom is 0.187 e. The van der Waals surface area contributed by atoms with Gasteiger partial charge < -0.3 is 70.0 Å². The van der Waals surface area contributed by atoms with E-state index in [1.807, 2.05) is 33.8 Å². The first-order valence-electron chi connectivity index (χ1n) is 20.8. The topological polar surface area (TPSA) is 239 Å². The van der Waals surface area contributed by atoms with E-state index >= 15 is 0 Å². The van der Waals surface area contributed by atoms with E-state index in [1.54, 1.807) is 0 Å². The molecule has 6 rings (SSSR count). The van der Waals surface area contributed by atoms with Gasteiger partial charge in [-0.3, -0.25) is 0 Å².